The van der Waals surface area contributed by atoms with Gasteiger partial charge in [-0.05, 0) is 31.0 Å². The second-order valence-corrected chi connectivity index (χ2v) is 4.12. The van der Waals surface area contributed by atoms with E-state index in [9.17, 15) is 9.18 Å². The van der Waals surface area contributed by atoms with Crippen LogP contribution in [0, 0.1) is 12.7 Å². The Morgan fingerprint density at radius 3 is 2.24 bits per heavy atom. The van der Waals surface area contributed by atoms with E-state index in [-0.39, 0.29) is 11.6 Å². The Balaban J connectivity index is 2.43. The molecule has 2 rings (SSSR count). The third-order valence-electron chi connectivity index (χ3n) is 2.73. The molecule has 0 aromatic heterocycles. The molecule has 0 aliphatic heterocycles. The molecular weight excluding hydrogens is 215 g/mol. The molecule has 0 atom stereocenters. The van der Waals surface area contributed by atoms with Crippen molar-refractivity contribution in [1.29, 1.82) is 0 Å². The van der Waals surface area contributed by atoms with Gasteiger partial charge >= 0.3 is 0 Å². The molecule has 2 aromatic rings. The van der Waals surface area contributed by atoms with Gasteiger partial charge in [0, 0.05) is 11.1 Å². The van der Waals surface area contributed by atoms with Gasteiger partial charge in [-0.25, -0.2) is 4.39 Å². The quantitative estimate of drug-likeness (QED) is 0.710. The molecule has 86 valence electrons. The van der Waals surface area contributed by atoms with Crippen LogP contribution in [-0.2, 0) is 0 Å². The number of halogens is 1. The van der Waals surface area contributed by atoms with Gasteiger partial charge in [-0.15, -0.1) is 0 Å². The zero-order valence-corrected chi connectivity index (χ0v) is 9.83. The maximum Gasteiger partial charge on any atom is 0.159 e. The minimum absolute atomic E-state index is 0.0147. The van der Waals surface area contributed by atoms with Crippen molar-refractivity contribution < 1.29 is 9.18 Å². The normalized spacial score (nSPS) is 10.3. The summed E-state index contributed by atoms with van der Waals surface area (Å²) in [7, 11) is 0. The second kappa shape index (κ2) is 4.50. The fraction of sp³-hybridized carbons (Fsp3) is 0.133. The first-order valence-corrected chi connectivity index (χ1v) is 5.45. The largest absolute Gasteiger partial charge is 0.295 e. The van der Waals surface area contributed by atoms with Gasteiger partial charge in [0.1, 0.15) is 5.82 Å². The molecule has 0 unspecified atom stereocenters. The summed E-state index contributed by atoms with van der Waals surface area (Å²) >= 11 is 0. The van der Waals surface area contributed by atoms with Crippen molar-refractivity contribution in [2.45, 2.75) is 13.8 Å². The van der Waals surface area contributed by atoms with E-state index in [1.54, 1.807) is 30.3 Å². The van der Waals surface area contributed by atoms with E-state index >= 15 is 0 Å². The smallest absolute Gasteiger partial charge is 0.159 e. The zero-order valence-electron chi connectivity index (χ0n) is 9.83. The zero-order chi connectivity index (χ0) is 12.4. The molecule has 17 heavy (non-hydrogen) atoms. The monoisotopic (exact) mass is 228 g/mol. The van der Waals surface area contributed by atoms with Crippen molar-refractivity contribution in [3.8, 4) is 11.1 Å². The lowest BCUT2D eigenvalue weighted by atomic mass is 10.0. The Morgan fingerprint density at radius 1 is 1.06 bits per heavy atom. The van der Waals surface area contributed by atoms with Gasteiger partial charge in [-0.2, -0.15) is 0 Å². The lowest BCUT2D eigenvalue weighted by Gasteiger charge is -2.05. The Kier molecular flexibility index (Phi) is 3.05. The third kappa shape index (κ3) is 2.41. The van der Waals surface area contributed by atoms with Crippen molar-refractivity contribution in [1.82, 2.24) is 0 Å². The molecule has 0 saturated carbocycles. The van der Waals surface area contributed by atoms with Gasteiger partial charge in [0.2, 0.25) is 0 Å². The van der Waals surface area contributed by atoms with Gasteiger partial charge in [0.15, 0.2) is 5.78 Å². The first-order chi connectivity index (χ1) is 8.08. The van der Waals surface area contributed by atoms with Crippen molar-refractivity contribution in [3.63, 3.8) is 0 Å². The maximum absolute atomic E-state index is 13.7. The van der Waals surface area contributed by atoms with Crippen LogP contribution in [0.2, 0.25) is 0 Å². The van der Waals surface area contributed by atoms with Crippen LogP contribution in [0.5, 0.6) is 0 Å². The highest BCUT2D eigenvalue weighted by Gasteiger charge is 2.06. The van der Waals surface area contributed by atoms with E-state index in [0.29, 0.717) is 11.1 Å². The lowest BCUT2D eigenvalue weighted by molar-refractivity contribution is 0.101. The highest BCUT2D eigenvalue weighted by atomic mass is 19.1. The van der Waals surface area contributed by atoms with E-state index in [1.807, 2.05) is 13.0 Å². The van der Waals surface area contributed by atoms with Crippen LogP contribution >= 0.6 is 0 Å². The summed E-state index contributed by atoms with van der Waals surface area (Å²) in [6.07, 6.45) is 0. The SMILES string of the molecule is CC(=O)c1ccc(-c2ccc(C)cc2F)cc1. The molecule has 2 heteroatoms. The van der Waals surface area contributed by atoms with Crippen LogP contribution in [0.15, 0.2) is 42.5 Å². The molecule has 1 nitrogen and oxygen atoms in total. The van der Waals surface area contributed by atoms with E-state index in [2.05, 4.69) is 0 Å². The van der Waals surface area contributed by atoms with Gasteiger partial charge in [0.05, 0.1) is 0 Å². The van der Waals surface area contributed by atoms with Gasteiger partial charge < -0.3 is 0 Å². The number of carbonyl (C=O) groups excluding carboxylic acids is 1. The number of ketones is 1. The third-order valence-corrected chi connectivity index (χ3v) is 2.73. The Labute approximate surface area is 99.9 Å². The number of rotatable bonds is 2. The number of Topliss-reactive ketones (excluding diaryl/α,β-unsaturated/α-hetero) is 1. The summed E-state index contributed by atoms with van der Waals surface area (Å²) in [4.78, 5) is 11.1. The van der Waals surface area contributed by atoms with Crippen LogP contribution in [0.25, 0.3) is 11.1 Å². The van der Waals surface area contributed by atoms with E-state index in [0.717, 1.165) is 11.1 Å². The summed E-state index contributed by atoms with van der Waals surface area (Å²) in [5.74, 6) is -0.221. The van der Waals surface area contributed by atoms with Gasteiger partial charge in [0.25, 0.3) is 0 Å². The Hall–Kier alpha value is -1.96. The molecule has 0 N–H and O–H groups in total. The number of carbonyl (C=O) groups is 1. The second-order valence-electron chi connectivity index (χ2n) is 4.12. The molecule has 0 heterocycles. The van der Waals surface area contributed by atoms with Gasteiger partial charge in [-0.3, -0.25) is 4.79 Å². The molecule has 0 aliphatic rings. The lowest BCUT2D eigenvalue weighted by Crippen LogP contribution is -1.91. The summed E-state index contributed by atoms with van der Waals surface area (Å²) < 4.78 is 13.7. The summed E-state index contributed by atoms with van der Waals surface area (Å²) in [5, 5.41) is 0. The number of hydrogen-bond donors (Lipinski definition) is 0. The molecule has 0 aliphatic carbocycles. The summed E-state index contributed by atoms with van der Waals surface area (Å²) in [6.45, 7) is 3.37. The maximum atomic E-state index is 13.7. The Morgan fingerprint density at radius 2 is 1.71 bits per heavy atom. The minimum Gasteiger partial charge on any atom is -0.295 e. The van der Waals surface area contributed by atoms with Crippen molar-refractivity contribution in [2.24, 2.45) is 0 Å². The summed E-state index contributed by atoms with van der Waals surface area (Å²) in [6, 6.07) is 12.1. The van der Waals surface area contributed by atoms with Crippen LogP contribution in [0.1, 0.15) is 22.8 Å². The average Bonchev–Trinajstić information content (AvgIpc) is 2.29. The van der Waals surface area contributed by atoms with E-state index < -0.39 is 0 Å². The van der Waals surface area contributed by atoms with Crippen LogP contribution in [-0.4, -0.2) is 5.78 Å². The molecule has 0 radical (unpaired) electrons. The molecule has 0 spiro atoms. The number of aryl methyl sites for hydroxylation is 1. The minimum atomic E-state index is -0.236. The predicted molar refractivity (Wildman–Crippen MR) is 66.6 cm³/mol. The topological polar surface area (TPSA) is 17.1 Å². The van der Waals surface area contributed by atoms with Crippen LogP contribution < -0.4 is 0 Å². The predicted octanol–water partition coefficient (Wildman–Crippen LogP) is 4.00. The van der Waals surface area contributed by atoms with Crippen molar-refractivity contribution in [3.05, 3.63) is 59.4 Å². The number of hydrogen-bond acceptors (Lipinski definition) is 1. The van der Waals surface area contributed by atoms with Gasteiger partial charge in [-0.1, -0.05) is 36.4 Å². The molecular formula is C15H13FO. The highest BCUT2D eigenvalue weighted by Crippen LogP contribution is 2.23. The average molecular weight is 228 g/mol. The number of benzene rings is 2. The molecule has 2 aromatic carbocycles. The van der Waals surface area contributed by atoms with E-state index in [4.69, 9.17) is 0 Å². The van der Waals surface area contributed by atoms with Crippen molar-refractivity contribution in [2.75, 3.05) is 0 Å². The summed E-state index contributed by atoms with van der Waals surface area (Å²) in [5.41, 5.74) is 2.88. The fourth-order valence-corrected chi connectivity index (χ4v) is 1.74. The molecule has 0 bridgehead atoms. The highest BCUT2D eigenvalue weighted by molar-refractivity contribution is 5.94. The molecule has 0 amide bonds. The molecule has 0 saturated heterocycles. The van der Waals surface area contributed by atoms with Crippen molar-refractivity contribution >= 4 is 5.78 Å². The van der Waals surface area contributed by atoms with E-state index in [1.165, 1.54) is 13.0 Å². The Bertz CT molecular complexity index is 556. The fourth-order valence-electron chi connectivity index (χ4n) is 1.74. The van der Waals surface area contributed by atoms with Crippen LogP contribution in [0.3, 0.4) is 0 Å². The first-order valence-electron chi connectivity index (χ1n) is 5.45. The standard InChI is InChI=1S/C15H13FO/c1-10-3-8-14(15(16)9-10)13-6-4-12(5-7-13)11(2)17/h3-9H,1-2H3. The molecule has 0 fully saturated rings. The van der Waals surface area contributed by atoms with Crippen LogP contribution in [0.4, 0.5) is 4.39 Å². The first kappa shape index (κ1) is 11.5.